The first-order valence-corrected chi connectivity index (χ1v) is 21.2. The van der Waals surface area contributed by atoms with E-state index in [1.807, 2.05) is 69.2 Å². The van der Waals surface area contributed by atoms with Crippen LogP contribution >= 0.6 is 35.7 Å². The van der Waals surface area contributed by atoms with Crippen molar-refractivity contribution < 1.29 is 48.7 Å². The maximum atomic E-state index is 13.2. The Kier molecular flexibility index (Phi) is 21.6. The highest BCUT2D eigenvalue weighted by molar-refractivity contribution is 8.47. The number of ether oxygens (including phenoxy) is 4. The fourth-order valence-electron chi connectivity index (χ4n) is 6.22. The number of carbonyl (C=O) groups excluding carboxylic acids is 3. The van der Waals surface area contributed by atoms with Crippen molar-refractivity contribution in [2.45, 2.75) is 173 Å². The normalized spacial score (nSPS) is 21.9. The average molecular weight is 837 g/mol. The molecule has 1 aliphatic heterocycles. The molecule has 0 aromatic carbocycles. The molecule has 318 valence electrons. The van der Waals surface area contributed by atoms with Gasteiger partial charge < -0.3 is 50.2 Å². The van der Waals surface area contributed by atoms with Crippen molar-refractivity contribution in [3.8, 4) is 6.07 Å². The summed E-state index contributed by atoms with van der Waals surface area (Å²) in [6.07, 6.45) is -2.16. The van der Waals surface area contributed by atoms with Gasteiger partial charge in [0, 0.05) is 38.5 Å². The molecule has 6 atom stereocenters. The highest BCUT2D eigenvalue weighted by Crippen LogP contribution is 2.35. The molecule has 1 fully saturated rings. The van der Waals surface area contributed by atoms with Crippen molar-refractivity contribution in [2.75, 3.05) is 32.1 Å². The standard InChI is InChI=1S/C38H68N4O10S3/c1-12-54-33(53)55-38(11,23-39)17-16-26(44)40-20-18-35(5,6)50-24-37(9,10)52-36(7,8)22-34(3,4)32(48)41-19-14-13-15-21-49-31-27(42-25(2)43)28(45)29(46)30(47)51-31/h27-31,45-47H,12-22,24H2,1-11H3,(H,40,44)(H,41,48)(H,42,43)/t27-,28-,29-,30+,31-,38?/m1/s1. The third kappa shape index (κ3) is 20.1. The first-order valence-electron chi connectivity index (χ1n) is 19.0. The second-order valence-corrected chi connectivity index (χ2v) is 20.7. The zero-order valence-corrected chi connectivity index (χ0v) is 37.2. The molecule has 1 aliphatic rings. The third-order valence-corrected chi connectivity index (χ3v) is 11.5. The first kappa shape index (κ1) is 51.4. The maximum absolute atomic E-state index is 13.2. The molecule has 0 aromatic heterocycles. The second kappa shape index (κ2) is 23.1. The van der Waals surface area contributed by atoms with Gasteiger partial charge in [0.25, 0.3) is 0 Å². The van der Waals surface area contributed by atoms with Crippen LogP contribution < -0.4 is 16.0 Å². The molecule has 0 saturated carbocycles. The zero-order valence-electron chi connectivity index (χ0n) is 34.7. The SMILES string of the molecule is CCSC(=S)SC(C)(C#N)CCC(=O)NCCC(C)(C)OCC(C)(C)OC(C)(C)CC(C)(C)C(=O)NCCCCCO[C@@H]1O[C@H](O)[C@H](O)[C@H](O)[C@H]1NC(C)=O. The number of unbranched alkanes of at least 4 members (excludes halogenated alkanes) is 2. The molecule has 0 spiro atoms. The van der Waals surface area contributed by atoms with Crippen molar-refractivity contribution in [1.82, 2.24) is 16.0 Å². The summed E-state index contributed by atoms with van der Waals surface area (Å²) in [6, 6.07) is 1.26. The van der Waals surface area contributed by atoms with E-state index >= 15 is 0 Å². The third-order valence-electron chi connectivity index (χ3n) is 8.87. The fourth-order valence-corrected chi connectivity index (χ4v) is 9.12. The fraction of sp³-hybridized carbons (Fsp3) is 0.868. The van der Waals surface area contributed by atoms with E-state index in [2.05, 4.69) is 22.0 Å². The number of aliphatic hydroxyl groups is 3. The molecule has 1 unspecified atom stereocenters. The molecule has 1 heterocycles. The van der Waals surface area contributed by atoms with Crippen LogP contribution in [0.25, 0.3) is 0 Å². The topological polar surface area (TPSA) is 209 Å². The lowest BCUT2D eigenvalue weighted by atomic mass is 9.80. The average Bonchev–Trinajstić information content (AvgIpc) is 3.05. The molecule has 17 heteroatoms. The molecule has 1 rings (SSSR count). The Morgan fingerprint density at radius 1 is 0.891 bits per heavy atom. The number of hydrogen-bond acceptors (Lipinski definition) is 14. The van der Waals surface area contributed by atoms with Crippen LogP contribution in [0.4, 0.5) is 0 Å². The second-order valence-electron chi connectivity index (χ2n) is 16.7. The van der Waals surface area contributed by atoms with Crippen LogP contribution in [0.15, 0.2) is 0 Å². The summed E-state index contributed by atoms with van der Waals surface area (Å²) in [7, 11) is 0. The van der Waals surface area contributed by atoms with Gasteiger partial charge in [-0.05, 0) is 92.7 Å². The Balaban J connectivity index is 2.46. The van der Waals surface area contributed by atoms with Crippen LogP contribution in [0.3, 0.4) is 0 Å². The molecule has 1 saturated heterocycles. The van der Waals surface area contributed by atoms with E-state index < -0.39 is 63.7 Å². The number of thiocarbonyl (C=S) groups is 1. The zero-order chi connectivity index (χ0) is 42.3. The van der Waals surface area contributed by atoms with Gasteiger partial charge in [0.2, 0.25) is 17.7 Å². The van der Waals surface area contributed by atoms with Gasteiger partial charge in [-0.1, -0.05) is 44.8 Å². The summed E-state index contributed by atoms with van der Waals surface area (Å²) in [6.45, 7) is 22.0. The summed E-state index contributed by atoms with van der Waals surface area (Å²) in [5.41, 5.74) is -2.60. The number of nitrogens with zero attached hydrogens (tertiary/aromatic N) is 1. The van der Waals surface area contributed by atoms with Crippen molar-refractivity contribution in [2.24, 2.45) is 5.41 Å². The van der Waals surface area contributed by atoms with Gasteiger partial charge in [-0.2, -0.15) is 5.26 Å². The summed E-state index contributed by atoms with van der Waals surface area (Å²) in [5.74, 6) is 0.184. The molecule has 0 radical (unpaired) electrons. The number of aliphatic hydroxyl groups excluding tert-OH is 3. The van der Waals surface area contributed by atoms with E-state index in [1.165, 1.54) is 30.4 Å². The minimum Gasteiger partial charge on any atom is -0.388 e. The predicted octanol–water partition coefficient (Wildman–Crippen LogP) is 4.32. The number of hydrogen-bond donors (Lipinski definition) is 6. The monoisotopic (exact) mass is 836 g/mol. The lowest BCUT2D eigenvalue weighted by Gasteiger charge is -2.41. The van der Waals surface area contributed by atoms with Crippen LogP contribution in [-0.4, -0.2) is 121 Å². The van der Waals surface area contributed by atoms with Crippen LogP contribution in [0.1, 0.15) is 121 Å². The molecule has 0 aliphatic carbocycles. The number of nitriles is 1. The van der Waals surface area contributed by atoms with Crippen molar-refractivity contribution in [3.63, 3.8) is 0 Å². The van der Waals surface area contributed by atoms with Gasteiger partial charge in [0.15, 0.2) is 12.6 Å². The van der Waals surface area contributed by atoms with E-state index in [0.29, 0.717) is 61.7 Å². The largest absolute Gasteiger partial charge is 0.388 e. The molecule has 0 bridgehead atoms. The van der Waals surface area contributed by atoms with E-state index in [9.17, 15) is 35.0 Å². The van der Waals surface area contributed by atoms with Gasteiger partial charge in [0.05, 0.1) is 29.5 Å². The summed E-state index contributed by atoms with van der Waals surface area (Å²) in [4.78, 5) is 37.3. The van der Waals surface area contributed by atoms with E-state index in [0.717, 1.165) is 5.75 Å². The smallest absolute Gasteiger partial charge is 0.225 e. The predicted molar refractivity (Wildman–Crippen MR) is 220 cm³/mol. The van der Waals surface area contributed by atoms with Gasteiger partial charge >= 0.3 is 0 Å². The van der Waals surface area contributed by atoms with Crippen LogP contribution in [-0.2, 0) is 33.3 Å². The van der Waals surface area contributed by atoms with E-state index in [1.54, 1.807) is 0 Å². The lowest BCUT2D eigenvalue weighted by molar-refractivity contribution is -0.315. The summed E-state index contributed by atoms with van der Waals surface area (Å²) in [5, 5.41) is 48.1. The Bertz CT molecular complexity index is 1300. The molecule has 14 nitrogen and oxygen atoms in total. The van der Waals surface area contributed by atoms with Gasteiger partial charge in [-0.15, -0.1) is 11.8 Å². The molecule has 55 heavy (non-hydrogen) atoms. The van der Waals surface area contributed by atoms with Crippen molar-refractivity contribution in [1.29, 1.82) is 5.26 Å². The maximum Gasteiger partial charge on any atom is 0.225 e. The summed E-state index contributed by atoms with van der Waals surface area (Å²) < 4.78 is 23.7. The van der Waals surface area contributed by atoms with Crippen LogP contribution in [0.5, 0.6) is 0 Å². The summed E-state index contributed by atoms with van der Waals surface area (Å²) >= 11 is 8.20. The first-order chi connectivity index (χ1) is 25.3. The number of thioether (sulfide) groups is 2. The van der Waals surface area contributed by atoms with Crippen LogP contribution in [0.2, 0.25) is 0 Å². The number of amides is 3. The molecular weight excluding hydrogens is 769 g/mol. The van der Waals surface area contributed by atoms with Gasteiger partial charge in [-0.25, -0.2) is 0 Å². The quantitative estimate of drug-likeness (QED) is 0.0592. The minimum atomic E-state index is -1.64. The number of carbonyl (C=O) groups is 3. The van der Waals surface area contributed by atoms with E-state index in [4.69, 9.17) is 31.2 Å². The highest BCUT2D eigenvalue weighted by atomic mass is 32.2. The highest BCUT2D eigenvalue weighted by Gasteiger charge is 2.45. The van der Waals surface area contributed by atoms with Crippen LogP contribution in [0, 0.1) is 16.7 Å². The molecule has 6 N–H and O–H groups in total. The molecular formula is C38H68N4O10S3. The Morgan fingerprint density at radius 3 is 2.15 bits per heavy atom. The van der Waals surface area contributed by atoms with Crippen molar-refractivity contribution >= 4 is 57.0 Å². The number of nitrogens with one attached hydrogen (secondary N) is 3. The van der Waals surface area contributed by atoms with Gasteiger partial charge in [-0.3, -0.25) is 14.4 Å². The molecule has 0 aromatic rings. The van der Waals surface area contributed by atoms with E-state index in [-0.39, 0.29) is 24.8 Å². The molecule has 3 amide bonds. The number of rotatable bonds is 24. The Morgan fingerprint density at radius 2 is 1.55 bits per heavy atom. The minimum absolute atomic E-state index is 0.0945. The Labute approximate surface area is 342 Å². The Hall–Kier alpha value is -1.59. The lowest BCUT2D eigenvalue weighted by Crippen LogP contribution is -2.63. The van der Waals surface area contributed by atoms with Gasteiger partial charge in [0.1, 0.15) is 26.5 Å². The van der Waals surface area contributed by atoms with Crippen molar-refractivity contribution in [3.05, 3.63) is 0 Å².